The first-order valence-corrected chi connectivity index (χ1v) is 6.43. The van der Waals surface area contributed by atoms with E-state index in [4.69, 9.17) is 0 Å². The Bertz CT molecular complexity index is 526. The molecular weight excluding hydrogens is 228 g/mol. The lowest BCUT2D eigenvalue weighted by molar-refractivity contribution is 0.496. The van der Waals surface area contributed by atoms with Crippen molar-refractivity contribution in [1.82, 2.24) is 29.9 Å². The molecule has 1 N–H and O–H groups in total. The largest absolute Gasteiger partial charge is 0.314 e. The molecule has 96 valence electrons. The van der Waals surface area contributed by atoms with Gasteiger partial charge in [-0.25, -0.2) is 0 Å². The first-order chi connectivity index (χ1) is 8.83. The van der Waals surface area contributed by atoms with E-state index in [9.17, 15) is 0 Å². The molecule has 0 aliphatic carbocycles. The van der Waals surface area contributed by atoms with Gasteiger partial charge in [-0.05, 0) is 18.9 Å². The van der Waals surface area contributed by atoms with E-state index in [0.29, 0.717) is 0 Å². The van der Waals surface area contributed by atoms with Gasteiger partial charge in [-0.1, -0.05) is 0 Å². The summed E-state index contributed by atoms with van der Waals surface area (Å²) in [6.07, 6.45) is 5.49. The van der Waals surface area contributed by atoms with Crippen molar-refractivity contribution in [3.63, 3.8) is 0 Å². The third-order valence-electron chi connectivity index (χ3n) is 3.29. The molecular formula is C12H18N6. The fourth-order valence-electron chi connectivity index (χ4n) is 2.36. The molecule has 1 aliphatic heterocycles. The molecule has 0 unspecified atom stereocenters. The Morgan fingerprint density at radius 1 is 1.28 bits per heavy atom. The molecule has 0 saturated carbocycles. The van der Waals surface area contributed by atoms with Gasteiger partial charge < -0.3 is 9.88 Å². The van der Waals surface area contributed by atoms with Gasteiger partial charge in [-0.15, -0.1) is 10.2 Å². The van der Waals surface area contributed by atoms with Crippen molar-refractivity contribution in [1.29, 1.82) is 0 Å². The Labute approximate surface area is 106 Å². The van der Waals surface area contributed by atoms with Crippen LogP contribution in [0.5, 0.6) is 0 Å². The zero-order chi connectivity index (χ0) is 12.4. The molecule has 6 nitrogen and oxygen atoms in total. The van der Waals surface area contributed by atoms with E-state index < -0.39 is 0 Å². The van der Waals surface area contributed by atoms with Crippen molar-refractivity contribution in [2.24, 2.45) is 7.05 Å². The number of rotatable bonds is 4. The minimum Gasteiger partial charge on any atom is -0.314 e. The van der Waals surface area contributed by atoms with Gasteiger partial charge in [0.15, 0.2) is 0 Å². The van der Waals surface area contributed by atoms with Crippen LogP contribution in [0.3, 0.4) is 0 Å². The molecule has 18 heavy (non-hydrogen) atoms. The summed E-state index contributed by atoms with van der Waals surface area (Å²) in [5.74, 6) is 2.18. The average molecular weight is 246 g/mol. The second-order valence-electron chi connectivity index (χ2n) is 4.73. The summed E-state index contributed by atoms with van der Waals surface area (Å²) in [5.41, 5.74) is 1.05. The second-order valence-corrected chi connectivity index (χ2v) is 4.73. The molecule has 0 saturated heterocycles. The maximum atomic E-state index is 4.33. The first-order valence-electron chi connectivity index (χ1n) is 6.43. The first kappa shape index (κ1) is 11.4. The highest BCUT2D eigenvalue weighted by atomic mass is 15.3. The summed E-state index contributed by atoms with van der Waals surface area (Å²) in [7, 11) is 1.93. The van der Waals surface area contributed by atoms with Gasteiger partial charge in [0, 0.05) is 32.8 Å². The SMILES string of the molecule is Cn1ccc(CNCc2nnc3n2CCCC3)n1. The van der Waals surface area contributed by atoms with Crippen LogP contribution >= 0.6 is 0 Å². The minimum atomic E-state index is 0.754. The normalized spacial score (nSPS) is 14.7. The zero-order valence-corrected chi connectivity index (χ0v) is 10.6. The van der Waals surface area contributed by atoms with Gasteiger partial charge in [0.1, 0.15) is 11.6 Å². The predicted octanol–water partition coefficient (Wildman–Crippen LogP) is 0.638. The smallest absolute Gasteiger partial charge is 0.147 e. The van der Waals surface area contributed by atoms with Crippen LogP contribution in [0.2, 0.25) is 0 Å². The third kappa shape index (κ3) is 2.28. The van der Waals surface area contributed by atoms with Crippen LogP contribution in [0, 0.1) is 0 Å². The van der Waals surface area contributed by atoms with Crippen molar-refractivity contribution in [2.45, 2.75) is 38.9 Å². The average Bonchev–Trinajstić information content (AvgIpc) is 2.97. The van der Waals surface area contributed by atoms with Crippen molar-refractivity contribution < 1.29 is 0 Å². The number of fused-ring (bicyclic) bond motifs is 1. The number of nitrogens with one attached hydrogen (secondary N) is 1. The monoisotopic (exact) mass is 246 g/mol. The quantitative estimate of drug-likeness (QED) is 0.860. The number of aryl methyl sites for hydroxylation is 2. The predicted molar refractivity (Wildman–Crippen MR) is 66.7 cm³/mol. The Morgan fingerprint density at radius 2 is 2.22 bits per heavy atom. The molecule has 0 bridgehead atoms. The lowest BCUT2D eigenvalue weighted by Crippen LogP contribution is -2.19. The molecule has 6 heteroatoms. The Kier molecular flexibility index (Phi) is 3.10. The number of hydrogen-bond donors (Lipinski definition) is 1. The van der Waals surface area contributed by atoms with Gasteiger partial charge in [-0.2, -0.15) is 5.10 Å². The van der Waals surface area contributed by atoms with E-state index in [1.54, 1.807) is 0 Å². The second kappa shape index (κ2) is 4.89. The van der Waals surface area contributed by atoms with Crippen LogP contribution < -0.4 is 5.32 Å². The molecule has 2 aromatic rings. The highest BCUT2D eigenvalue weighted by molar-refractivity contribution is 5.01. The zero-order valence-electron chi connectivity index (χ0n) is 10.6. The van der Waals surface area contributed by atoms with Crippen LogP contribution in [0.25, 0.3) is 0 Å². The Morgan fingerprint density at radius 3 is 3.06 bits per heavy atom. The van der Waals surface area contributed by atoms with Crippen molar-refractivity contribution in [2.75, 3.05) is 0 Å². The standard InChI is InChI=1S/C12H18N6/c1-17-7-5-10(16-17)8-13-9-12-15-14-11-4-2-3-6-18(11)12/h5,7,13H,2-4,6,8-9H2,1H3. The fraction of sp³-hybridized carbons (Fsp3) is 0.583. The van der Waals surface area contributed by atoms with E-state index in [2.05, 4.69) is 25.2 Å². The summed E-state index contributed by atoms with van der Waals surface area (Å²) in [6, 6.07) is 2.02. The summed E-state index contributed by atoms with van der Waals surface area (Å²) in [4.78, 5) is 0. The van der Waals surface area contributed by atoms with Gasteiger partial charge in [0.2, 0.25) is 0 Å². The molecule has 3 rings (SSSR count). The van der Waals surface area contributed by atoms with Crippen LogP contribution in [-0.2, 0) is 33.1 Å². The lowest BCUT2D eigenvalue weighted by Gasteiger charge is -2.14. The highest BCUT2D eigenvalue weighted by Crippen LogP contribution is 2.13. The third-order valence-corrected chi connectivity index (χ3v) is 3.29. The molecule has 0 atom stereocenters. The lowest BCUT2D eigenvalue weighted by atomic mass is 10.2. The van der Waals surface area contributed by atoms with Crippen LogP contribution in [0.1, 0.15) is 30.2 Å². The summed E-state index contributed by atoms with van der Waals surface area (Å²) < 4.78 is 4.06. The fourth-order valence-corrected chi connectivity index (χ4v) is 2.36. The summed E-state index contributed by atoms with van der Waals surface area (Å²) >= 11 is 0. The van der Waals surface area contributed by atoms with Crippen LogP contribution in [-0.4, -0.2) is 24.5 Å². The van der Waals surface area contributed by atoms with Gasteiger partial charge in [0.05, 0.1) is 12.2 Å². The minimum absolute atomic E-state index is 0.754. The molecule has 0 spiro atoms. The van der Waals surface area contributed by atoms with Gasteiger partial charge in [0.25, 0.3) is 0 Å². The molecule has 2 aromatic heterocycles. The highest BCUT2D eigenvalue weighted by Gasteiger charge is 2.14. The van der Waals surface area contributed by atoms with Crippen LogP contribution in [0.15, 0.2) is 12.3 Å². The van der Waals surface area contributed by atoms with Crippen molar-refractivity contribution >= 4 is 0 Å². The molecule has 1 aliphatic rings. The molecule has 3 heterocycles. The molecule has 0 aromatic carbocycles. The van der Waals surface area contributed by atoms with Crippen LogP contribution in [0.4, 0.5) is 0 Å². The summed E-state index contributed by atoms with van der Waals surface area (Å²) in [5, 5.41) is 16.2. The maximum Gasteiger partial charge on any atom is 0.147 e. The number of nitrogens with zero attached hydrogens (tertiary/aromatic N) is 5. The number of aromatic nitrogens is 5. The Balaban J connectivity index is 1.58. The topological polar surface area (TPSA) is 60.6 Å². The number of hydrogen-bond acceptors (Lipinski definition) is 4. The van der Waals surface area contributed by atoms with Gasteiger partial charge >= 0.3 is 0 Å². The van der Waals surface area contributed by atoms with E-state index in [-0.39, 0.29) is 0 Å². The van der Waals surface area contributed by atoms with Gasteiger partial charge in [-0.3, -0.25) is 4.68 Å². The van der Waals surface area contributed by atoms with Crippen molar-refractivity contribution in [3.8, 4) is 0 Å². The molecule has 0 radical (unpaired) electrons. The van der Waals surface area contributed by atoms with E-state index >= 15 is 0 Å². The van der Waals surface area contributed by atoms with Crippen molar-refractivity contribution in [3.05, 3.63) is 29.6 Å². The molecule has 0 fully saturated rings. The summed E-state index contributed by atoms with van der Waals surface area (Å²) in [6.45, 7) is 2.58. The Hall–Kier alpha value is -1.69. The molecule has 0 amide bonds. The van der Waals surface area contributed by atoms with E-state index in [0.717, 1.165) is 43.4 Å². The van der Waals surface area contributed by atoms with E-state index in [1.165, 1.54) is 12.8 Å². The van der Waals surface area contributed by atoms with E-state index in [1.807, 2.05) is 24.0 Å². The maximum absolute atomic E-state index is 4.33.